The van der Waals surface area contributed by atoms with Crippen molar-refractivity contribution in [2.45, 2.75) is 88.9 Å². The third-order valence-corrected chi connectivity index (χ3v) is 9.85. The largest absolute Gasteiger partial charge is 0.444 e. The van der Waals surface area contributed by atoms with Gasteiger partial charge in [0.25, 0.3) is 0 Å². The van der Waals surface area contributed by atoms with Crippen molar-refractivity contribution in [2.75, 3.05) is 46.3 Å². The highest BCUT2D eigenvalue weighted by Gasteiger charge is 2.42. The molecule has 2 aliphatic heterocycles. The maximum Gasteiger partial charge on any atom is 0.410 e. The number of hydrogen-bond donors (Lipinski definition) is 6. The second-order valence-corrected chi connectivity index (χ2v) is 15.1. The van der Waals surface area contributed by atoms with E-state index in [2.05, 4.69) is 16.0 Å². The molecule has 2 saturated heterocycles. The number of ether oxygens (including phenoxy) is 1. The Hall–Kier alpha value is -2.60. The molecule has 0 radical (unpaired) electrons. The Morgan fingerprint density at radius 1 is 0.959 bits per heavy atom. The van der Waals surface area contributed by atoms with Gasteiger partial charge >= 0.3 is 12.1 Å². The minimum atomic E-state index is -1.06. The van der Waals surface area contributed by atoms with Gasteiger partial charge in [-0.3, -0.25) is 0 Å². The lowest BCUT2D eigenvalue weighted by Crippen LogP contribution is -2.49. The van der Waals surface area contributed by atoms with Gasteiger partial charge in [-0.1, -0.05) is 47.5 Å². The van der Waals surface area contributed by atoms with Crippen LogP contribution >= 0.6 is 23.2 Å². The Labute approximate surface area is 302 Å². The summed E-state index contributed by atoms with van der Waals surface area (Å²) in [5.74, 6) is 0.0588. The van der Waals surface area contributed by atoms with Gasteiger partial charge in [0.2, 0.25) is 0 Å². The number of nitrogens with zero attached hydrogens (tertiary/aromatic N) is 1. The van der Waals surface area contributed by atoms with Crippen LogP contribution in [0.3, 0.4) is 0 Å². The molecule has 274 valence electrons. The Bertz CT molecular complexity index is 1340. The van der Waals surface area contributed by atoms with E-state index >= 15 is 0 Å². The molecular weight excluding hydrogens is 665 g/mol. The van der Waals surface area contributed by atoms with Crippen molar-refractivity contribution in [1.29, 1.82) is 0 Å². The third kappa shape index (κ3) is 12.3. The summed E-state index contributed by atoms with van der Waals surface area (Å²) in [4.78, 5) is 25.4. The van der Waals surface area contributed by atoms with Crippen LogP contribution in [0, 0.1) is 11.8 Å². The fraction of sp³-hybridized carbons (Fsp3) is 0.622. The van der Waals surface area contributed by atoms with Gasteiger partial charge in [0, 0.05) is 55.1 Å². The van der Waals surface area contributed by atoms with E-state index in [0.717, 1.165) is 49.9 Å². The first kappa shape index (κ1) is 40.8. The maximum atomic E-state index is 12.5. The molecule has 2 aromatic rings. The number of nitrogens with two attached hydrogens (primary N) is 1. The molecule has 2 aromatic carbocycles. The average molecular weight is 723 g/mol. The first-order valence-electron chi connectivity index (χ1n) is 17.5. The van der Waals surface area contributed by atoms with Gasteiger partial charge in [-0.25, -0.2) is 9.59 Å². The number of likely N-dealkylation sites (tertiary alicyclic amines) is 1. The number of halogens is 2. The van der Waals surface area contributed by atoms with E-state index in [0.29, 0.717) is 61.9 Å². The number of hydrogen-bond acceptors (Lipinski definition) is 7. The van der Waals surface area contributed by atoms with E-state index < -0.39 is 16.8 Å². The highest BCUT2D eigenvalue weighted by Crippen LogP contribution is 2.41. The second kappa shape index (κ2) is 19.1. The number of benzene rings is 2. The van der Waals surface area contributed by atoms with Crippen molar-refractivity contribution in [1.82, 2.24) is 20.9 Å². The highest BCUT2D eigenvalue weighted by atomic mass is 35.5. The maximum absolute atomic E-state index is 12.5. The van der Waals surface area contributed by atoms with Crippen LogP contribution in [0.1, 0.15) is 83.3 Å². The molecule has 0 bridgehead atoms. The summed E-state index contributed by atoms with van der Waals surface area (Å²) in [5.41, 5.74) is 4.82. The van der Waals surface area contributed by atoms with Gasteiger partial charge in [-0.15, -0.1) is 0 Å². The SMILES string of the molecule is CC(C)(C)OC(=O)N1CCC[C@@H]([C@@](O)(CCCN)c2cccc(Cl)c2)C1.CNC(=O)NCCC[C@@](O)(c1cccc(Cl)c1)[C@@H]1CCCNC1. The normalized spacial score (nSPS) is 20.6. The molecule has 0 unspecified atom stereocenters. The molecular formula is C37H57Cl2N5O5. The summed E-state index contributed by atoms with van der Waals surface area (Å²) >= 11 is 12.3. The van der Waals surface area contributed by atoms with E-state index in [9.17, 15) is 19.8 Å². The number of carbonyl (C=O) groups excluding carboxylic acids is 2. The summed E-state index contributed by atoms with van der Waals surface area (Å²) in [5, 5.41) is 32.9. The molecule has 4 atom stereocenters. The molecule has 0 spiro atoms. The molecule has 12 heteroatoms. The van der Waals surface area contributed by atoms with E-state index in [1.54, 1.807) is 18.0 Å². The van der Waals surface area contributed by atoms with E-state index in [-0.39, 0.29) is 24.0 Å². The van der Waals surface area contributed by atoms with Crippen LogP contribution in [0.15, 0.2) is 48.5 Å². The number of carbonyl (C=O) groups is 2. The van der Waals surface area contributed by atoms with Crippen molar-refractivity contribution < 1.29 is 24.5 Å². The summed E-state index contributed by atoms with van der Waals surface area (Å²) in [6.07, 6.45) is 5.92. The van der Waals surface area contributed by atoms with E-state index in [1.807, 2.05) is 63.2 Å². The fourth-order valence-corrected chi connectivity index (χ4v) is 7.20. The molecule has 2 aliphatic rings. The molecule has 0 aromatic heterocycles. The Balaban J connectivity index is 0.000000267. The van der Waals surface area contributed by atoms with Gasteiger partial charge in [0.1, 0.15) is 5.60 Å². The zero-order valence-electron chi connectivity index (χ0n) is 29.6. The van der Waals surface area contributed by atoms with Crippen LogP contribution in [-0.2, 0) is 15.9 Å². The van der Waals surface area contributed by atoms with E-state index in [1.165, 1.54) is 0 Å². The van der Waals surface area contributed by atoms with Gasteiger partial charge < -0.3 is 41.5 Å². The quantitative estimate of drug-likeness (QED) is 0.153. The van der Waals surface area contributed by atoms with Crippen molar-refractivity contribution in [2.24, 2.45) is 17.6 Å². The van der Waals surface area contributed by atoms with Crippen LogP contribution in [0.4, 0.5) is 9.59 Å². The third-order valence-electron chi connectivity index (χ3n) is 9.38. The molecule has 2 fully saturated rings. The van der Waals surface area contributed by atoms with Crippen LogP contribution < -0.4 is 21.7 Å². The Morgan fingerprint density at radius 2 is 1.55 bits per heavy atom. The molecule has 3 amide bonds. The van der Waals surface area contributed by atoms with Crippen LogP contribution in [0.5, 0.6) is 0 Å². The Morgan fingerprint density at radius 3 is 2.08 bits per heavy atom. The average Bonchev–Trinajstić information content (AvgIpc) is 3.09. The zero-order chi connectivity index (χ0) is 36.1. The number of nitrogens with one attached hydrogen (secondary N) is 3. The fourth-order valence-electron chi connectivity index (χ4n) is 6.82. The first-order valence-corrected chi connectivity index (χ1v) is 18.3. The summed E-state index contributed by atoms with van der Waals surface area (Å²) < 4.78 is 5.51. The monoisotopic (exact) mass is 721 g/mol. The van der Waals surface area contributed by atoms with Gasteiger partial charge in [0.05, 0.1) is 11.2 Å². The molecule has 0 saturated carbocycles. The van der Waals surface area contributed by atoms with E-state index in [4.69, 9.17) is 33.7 Å². The Kier molecular flexibility index (Phi) is 15.9. The zero-order valence-corrected chi connectivity index (χ0v) is 31.1. The van der Waals surface area contributed by atoms with Crippen LogP contribution in [0.25, 0.3) is 0 Å². The number of amides is 3. The number of aliphatic hydroxyl groups is 2. The number of rotatable bonds is 11. The lowest BCUT2D eigenvalue weighted by Gasteiger charge is -2.43. The number of piperidine rings is 2. The second-order valence-electron chi connectivity index (χ2n) is 14.2. The standard InChI is InChI=1S/C20H31ClN2O3.C17H26ClN3O2/c1-19(2,3)26-18(24)23-12-5-8-16(14-23)20(25,10-6-11-22)15-7-4-9-17(21)13-15;1-19-16(22)21-10-4-8-17(23,14-6-3-9-20-12-14)13-5-2-7-15(18)11-13/h4,7,9,13,16,25H,5-6,8,10-12,14,22H2,1-3H3;2,5,7,11,14,20,23H,3-4,6,8-10,12H2,1H3,(H2,19,21,22)/t16-,20-;14-,17-/m11/s1. The molecule has 0 aliphatic carbocycles. The van der Waals surface area contributed by atoms with Crippen molar-refractivity contribution >= 4 is 35.3 Å². The van der Waals surface area contributed by atoms with Crippen LogP contribution in [-0.4, -0.2) is 79.2 Å². The van der Waals surface area contributed by atoms with Gasteiger partial charge in [-0.2, -0.15) is 0 Å². The number of urea groups is 1. The van der Waals surface area contributed by atoms with Gasteiger partial charge in [-0.05, 0) is 121 Å². The van der Waals surface area contributed by atoms with Crippen LogP contribution in [0.2, 0.25) is 10.0 Å². The summed E-state index contributed by atoms with van der Waals surface area (Å²) in [7, 11) is 1.59. The topological polar surface area (TPSA) is 149 Å². The molecule has 4 rings (SSSR count). The molecule has 2 heterocycles. The van der Waals surface area contributed by atoms with Crippen molar-refractivity contribution in [3.63, 3.8) is 0 Å². The van der Waals surface area contributed by atoms with Gasteiger partial charge in [0.15, 0.2) is 0 Å². The minimum absolute atomic E-state index is 0.0891. The molecule has 49 heavy (non-hydrogen) atoms. The lowest BCUT2D eigenvalue weighted by atomic mass is 9.74. The first-order chi connectivity index (χ1) is 23.2. The summed E-state index contributed by atoms with van der Waals surface area (Å²) in [6, 6.07) is 14.6. The molecule has 7 N–H and O–H groups in total. The predicted octanol–water partition coefficient (Wildman–Crippen LogP) is 6.15. The molecule has 10 nitrogen and oxygen atoms in total. The smallest absolute Gasteiger partial charge is 0.410 e. The summed E-state index contributed by atoms with van der Waals surface area (Å²) in [6.45, 7) is 9.51. The van der Waals surface area contributed by atoms with Crippen molar-refractivity contribution in [3.8, 4) is 0 Å². The predicted molar refractivity (Wildman–Crippen MR) is 197 cm³/mol. The van der Waals surface area contributed by atoms with Crippen molar-refractivity contribution in [3.05, 3.63) is 69.7 Å². The highest BCUT2D eigenvalue weighted by molar-refractivity contribution is 6.30. The minimum Gasteiger partial charge on any atom is -0.444 e. The lowest BCUT2D eigenvalue weighted by molar-refractivity contribution is -0.0630.